The number of para-hydroxylation sites is 1. The monoisotopic (exact) mass is 766 g/mol. The molecule has 3 aromatic rings. The Morgan fingerprint density at radius 1 is 0.927 bits per heavy atom. The second-order valence-electron chi connectivity index (χ2n) is 15.3. The number of carboxylic acids is 2. The Hall–Kier alpha value is -5.80. The van der Waals surface area contributed by atoms with E-state index in [-0.39, 0.29) is 31.7 Å². The summed E-state index contributed by atoms with van der Waals surface area (Å²) in [6.45, 7) is 11.7. The zero-order valence-electron chi connectivity index (χ0n) is 32.9. The minimum Gasteiger partial charge on any atom is -0.480 e. The molecular formula is C39H54N6O10. The lowest BCUT2D eigenvalue weighted by Crippen LogP contribution is -2.56. The van der Waals surface area contributed by atoms with E-state index in [0.29, 0.717) is 5.56 Å². The number of anilines is 1. The van der Waals surface area contributed by atoms with Gasteiger partial charge < -0.3 is 40.6 Å². The van der Waals surface area contributed by atoms with Crippen molar-refractivity contribution in [2.45, 2.75) is 97.1 Å². The Morgan fingerprint density at radius 2 is 1.55 bits per heavy atom. The summed E-state index contributed by atoms with van der Waals surface area (Å²) in [4.78, 5) is 79.0. The molecule has 1 heterocycles. The predicted octanol–water partition coefficient (Wildman–Crippen LogP) is 4.96. The minimum absolute atomic E-state index is 0.0610. The number of nitrogens with zero attached hydrogens (tertiary/aromatic N) is 3. The first-order chi connectivity index (χ1) is 25.6. The molecule has 0 aliphatic carbocycles. The first-order valence-corrected chi connectivity index (χ1v) is 17.9. The van der Waals surface area contributed by atoms with Crippen LogP contribution in [0, 0.1) is 5.92 Å². The molecule has 0 saturated heterocycles. The average Bonchev–Trinajstić information content (AvgIpc) is 3.43. The topological polar surface area (TPSA) is 223 Å². The third kappa shape index (κ3) is 11.1. The molecule has 2 aromatic carbocycles. The maximum atomic E-state index is 14.2. The molecule has 0 aliphatic rings. The van der Waals surface area contributed by atoms with Crippen LogP contribution < -0.4 is 21.3 Å². The van der Waals surface area contributed by atoms with E-state index in [1.165, 1.54) is 31.3 Å². The molecule has 0 radical (unpaired) electrons. The lowest BCUT2D eigenvalue weighted by Gasteiger charge is -2.37. The SMILES string of the molecule is CC(C)[C@H](NC(=O)OC(C)(C)C)C(=O)N(c1ccc(COC(=O)N(C)[C@H](C(=O)O)C(C)(C)c2cn(C)c3ccccc23)cc1)[C@@H](CCCNC(N)=O)C(=O)O. The number of carboxylic acid groups (broad SMARTS) is 2. The first-order valence-electron chi connectivity index (χ1n) is 17.9. The van der Waals surface area contributed by atoms with Crippen molar-refractivity contribution in [1.82, 2.24) is 20.1 Å². The second kappa shape index (κ2) is 18.0. The van der Waals surface area contributed by atoms with Crippen molar-refractivity contribution < 1.29 is 48.5 Å². The van der Waals surface area contributed by atoms with Crippen LogP contribution in [0.25, 0.3) is 10.9 Å². The molecule has 55 heavy (non-hydrogen) atoms. The summed E-state index contributed by atoms with van der Waals surface area (Å²) in [6, 6.07) is 8.95. The Kier molecular flexibility index (Phi) is 14.3. The van der Waals surface area contributed by atoms with E-state index in [0.717, 1.165) is 26.3 Å². The summed E-state index contributed by atoms with van der Waals surface area (Å²) in [5, 5.41) is 26.5. The number of urea groups is 1. The maximum Gasteiger partial charge on any atom is 0.410 e. The lowest BCUT2D eigenvalue weighted by molar-refractivity contribution is -0.144. The van der Waals surface area contributed by atoms with E-state index in [4.69, 9.17) is 15.2 Å². The van der Waals surface area contributed by atoms with Crippen molar-refractivity contribution in [1.29, 1.82) is 0 Å². The van der Waals surface area contributed by atoms with Crippen LogP contribution >= 0.6 is 0 Å². The molecule has 0 bridgehead atoms. The summed E-state index contributed by atoms with van der Waals surface area (Å²) >= 11 is 0. The zero-order valence-corrected chi connectivity index (χ0v) is 32.9. The van der Waals surface area contributed by atoms with Gasteiger partial charge in [-0.25, -0.2) is 24.0 Å². The Bertz CT molecular complexity index is 1860. The van der Waals surface area contributed by atoms with Crippen LogP contribution in [0.15, 0.2) is 54.7 Å². The van der Waals surface area contributed by atoms with Crippen LogP contribution in [0.3, 0.4) is 0 Å². The zero-order chi connectivity index (χ0) is 41.4. The number of hydrogen-bond acceptors (Lipinski definition) is 8. The molecule has 0 spiro atoms. The number of aryl methyl sites for hydroxylation is 1. The number of nitrogens with two attached hydrogens (primary N) is 1. The largest absolute Gasteiger partial charge is 0.480 e. The van der Waals surface area contributed by atoms with Crippen LogP contribution in [0.1, 0.15) is 72.4 Å². The van der Waals surface area contributed by atoms with Gasteiger partial charge in [0.15, 0.2) is 0 Å². The molecule has 0 aliphatic heterocycles. The van der Waals surface area contributed by atoms with Crippen LogP contribution in [0.5, 0.6) is 0 Å². The third-order valence-corrected chi connectivity index (χ3v) is 9.15. The fourth-order valence-corrected chi connectivity index (χ4v) is 6.49. The van der Waals surface area contributed by atoms with E-state index < -0.39 is 71.1 Å². The fourth-order valence-electron chi connectivity index (χ4n) is 6.49. The van der Waals surface area contributed by atoms with E-state index >= 15 is 0 Å². The van der Waals surface area contributed by atoms with Gasteiger partial charge in [0.25, 0.3) is 5.91 Å². The van der Waals surface area contributed by atoms with E-state index in [2.05, 4.69) is 10.6 Å². The highest BCUT2D eigenvalue weighted by Crippen LogP contribution is 2.36. The van der Waals surface area contributed by atoms with Gasteiger partial charge >= 0.3 is 30.2 Å². The highest BCUT2D eigenvalue weighted by atomic mass is 16.6. The number of carbonyl (C=O) groups is 6. The van der Waals surface area contributed by atoms with Crippen LogP contribution in [0.4, 0.5) is 20.1 Å². The Balaban J connectivity index is 1.88. The number of alkyl carbamates (subject to hydrolysis) is 1. The van der Waals surface area contributed by atoms with Gasteiger partial charge in [-0.05, 0) is 68.9 Å². The number of aliphatic carboxylic acids is 2. The summed E-state index contributed by atoms with van der Waals surface area (Å²) in [5.41, 5.74) is 5.55. The van der Waals surface area contributed by atoms with Gasteiger partial charge in [-0.1, -0.05) is 58.0 Å². The smallest absolute Gasteiger partial charge is 0.410 e. The predicted molar refractivity (Wildman–Crippen MR) is 205 cm³/mol. The highest BCUT2D eigenvalue weighted by molar-refractivity contribution is 6.03. The van der Waals surface area contributed by atoms with Crippen molar-refractivity contribution in [2.24, 2.45) is 18.7 Å². The van der Waals surface area contributed by atoms with Crippen LogP contribution in [0.2, 0.25) is 0 Å². The Labute approximate surface area is 320 Å². The summed E-state index contributed by atoms with van der Waals surface area (Å²) in [7, 11) is 3.23. The van der Waals surface area contributed by atoms with Crippen molar-refractivity contribution >= 4 is 52.7 Å². The average molecular weight is 767 g/mol. The standard InChI is InChI=1S/C39H54N6O10/c1-23(2)30(42-36(52)55-38(3,4)5)32(46)45(29(33(47)48)15-12-20-41-35(40)51)25-18-16-24(17-19-25)22-54-37(53)44(9)31(34(49)50)39(6,7)27-21-43(8)28-14-11-10-13-26(27)28/h10-11,13-14,16-19,21,23,29-31H,12,15,20,22H2,1-9H3,(H,42,52)(H,47,48)(H,49,50)(H3,40,41,51)/t29-,30-,31+/m0/s1. The van der Waals surface area contributed by atoms with Crippen LogP contribution in [-0.4, -0.2) is 93.1 Å². The number of amides is 5. The third-order valence-electron chi connectivity index (χ3n) is 9.15. The number of likely N-dealkylation sites (N-methyl/N-ethyl adjacent to an activating group) is 1. The Morgan fingerprint density at radius 3 is 2.09 bits per heavy atom. The van der Waals surface area contributed by atoms with Crippen molar-refractivity contribution in [3.8, 4) is 0 Å². The van der Waals surface area contributed by atoms with Crippen molar-refractivity contribution in [3.63, 3.8) is 0 Å². The molecular weight excluding hydrogens is 712 g/mol. The number of hydrogen-bond donors (Lipinski definition) is 5. The van der Waals surface area contributed by atoms with Crippen LogP contribution in [-0.2, 0) is 42.9 Å². The molecule has 1 aromatic heterocycles. The minimum atomic E-state index is -1.42. The molecule has 0 saturated carbocycles. The first kappa shape index (κ1) is 43.6. The number of primary amides is 1. The second-order valence-corrected chi connectivity index (χ2v) is 15.3. The molecule has 3 atom stereocenters. The van der Waals surface area contributed by atoms with Gasteiger partial charge in [-0.2, -0.15) is 0 Å². The van der Waals surface area contributed by atoms with Gasteiger partial charge in [0, 0.05) is 48.8 Å². The molecule has 3 rings (SSSR count). The lowest BCUT2D eigenvalue weighted by atomic mass is 9.77. The van der Waals surface area contributed by atoms with Gasteiger partial charge in [-0.15, -0.1) is 0 Å². The number of aromatic nitrogens is 1. The molecule has 5 amide bonds. The van der Waals surface area contributed by atoms with E-state index in [1.807, 2.05) is 42.1 Å². The maximum absolute atomic E-state index is 14.2. The summed E-state index contributed by atoms with van der Waals surface area (Å²) in [5.74, 6) is -3.74. The molecule has 16 nitrogen and oxygen atoms in total. The number of ether oxygens (including phenoxy) is 2. The number of carbonyl (C=O) groups excluding carboxylic acids is 4. The number of benzene rings is 2. The molecule has 6 N–H and O–H groups in total. The molecule has 0 fully saturated rings. The van der Waals surface area contributed by atoms with E-state index in [9.17, 15) is 39.0 Å². The summed E-state index contributed by atoms with van der Waals surface area (Å²) < 4.78 is 12.8. The quantitative estimate of drug-likeness (QED) is 0.123. The molecule has 16 heteroatoms. The van der Waals surface area contributed by atoms with Crippen molar-refractivity contribution in [3.05, 3.63) is 65.9 Å². The fraction of sp³-hybridized carbons (Fsp3) is 0.487. The van der Waals surface area contributed by atoms with Gasteiger partial charge in [0.1, 0.15) is 30.3 Å². The number of rotatable bonds is 16. The number of fused-ring (bicyclic) bond motifs is 1. The van der Waals surface area contributed by atoms with Gasteiger partial charge in [0.2, 0.25) is 0 Å². The normalized spacial score (nSPS) is 13.3. The molecule has 300 valence electrons. The van der Waals surface area contributed by atoms with E-state index in [1.54, 1.807) is 48.5 Å². The van der Waals surface area contributed by atoms with Gasteiger partial charge in [0.05, 0.1) is 0 Å². The number of nitrogens with one attached hydrogen (secondary N) is 2. The summed E-state index contributed by atoms with van der Waals surface area (Å²) in [6.07, 6.45) is 0.199. The van der Waals surface area contributed by atoms with Crippen molar-refractivity contribution in [2.75, 3.05) is 18.5 Å². The molecule has 0 unspecified atom stereocenters. The van der Waals surface area contributed by atoms with Gasteiger partial charge in [-0.3, -0.25) is 14.6 Å². The highest BCUT2D eigenvalue weighted by Gasteiger charge is 2.44.